The molecular formula is C30H29FN6O2. The molecule has 8 nitrogen and oxygen atoms in total. The lowest BCUT2D eigenvalue weighted by molar-refractivity contribution is -0.127. The smallest absolute Gasteiger partial charge is 0.269 e. The molecule has 1 fully saturated rings. The van der Waals surface area contributed by atoms with E-state index in [1.807, 2.05) is 48.5 Å². The summed E-state index contributed by atoms with van der Waals surface area (Å²) in [6, 6.07) is 18.7. The number of nitrogens with two attached hydrogens (primary N) is 1. The molecule has 0 bridgehead atoms. The first kappa shape index (κ1) is 24.9. The Balaban J connectivity index is 1.32. The third kappa shape index (κ3) is 4.59. The van der Waals surface area contributed by atoms with Gasteiger partial charge in [-0.25, -0.2) is 13.9 Å². The fourth-order valence-corrected chi connectivity index (χ4v) is 5.72. The normalized spacial score (nSPS) is 19.3. The molecule has 3 N–H and O–H groups in total. The van der Waals surface area contributed by atoms with Crippen molar-refractivity contribution >= 4 is 17.5 Å². The van der Waals surface area contributed by atoms with Gasteiger partial charge in [-0.05, 0) is 48.2 Å². The van der Waals surface area contributed by atoms with Gasteiger partial charge in [-0.3, -0.25) is 9.59 Å². The molecule has 2 aliphatic rings. The van der Waals surface area contributed by atoms with E-state index in [2.05, 4.69) is 17.0 Å². The zero-order chi connectivity index (χ0) is 27.1. The van der Waals surface area contributed by atoms with Crippen LogP contribution in [-0.4, -0.2) is 56.6 Å². The Morgan fingerprint density at radius 2 is 1.82 bits per heavy atom. The Kier molecular flexibility index (Phi) is 6.44. The van der Waals surface area contributed by atoms with Crippen LogP contribution < -0.4 is 11.1 Å². The average Bonchev–Trinajstić information content (AvgIpc) is 3.49. The van der Waals surface area contributed by atoms with Gasteiger partial charge in [0.2, 0.25) is 5.91 Å². The number of carbonyl (C=O) groups excluding carboxylic acids is 2. The summed E-state index contributed by atoms with van der Waals surface area (Å²) in [6.07, 6.45) is 2.16. The number of imidazole rings is 1. The maximum atomic E-state index is 15.3. The van der Waals surface area contributed by atoms with Crippen molar-refractivity contribution in [3.05, 3.63) is 90.1 Å². The number of hydrogen-bond acceptors (Lipinski definition) is 5. The summed E-state index contributed by atoms with van der Waals surface area (Å²) in [5.41, 5.74) is 11.3. The first-order chi connectivity index (χ1) is 18.9. The highest BCUT2D eigenvalue weighted by Gasteiger charge is 2.35. The van der Waals surface area contributed by atoms with E-state index >= 15 is 4.39 Å². The van der Waals surface area contributed by atoms with E-state index in [4.69, 9.17) is 10.7 Å². The van der Waals surface area contributed by atoms with Gasteiger partial charge in [0.05, 0.1) is 11.7 Å². The summed E-state index contributed by atoms with van der Waals surface area (Å²) in [4.78, 5) is 30.4. The van der Waals surface area contributed by atoms with Crippen LogP contribution in [0, 0.1) is 0 Å². The molecule has 3 heterocycles. The average molecular weight is 525 g/mol. The lowest BCUT2D eigenvalue weighted by atomic mass is 9.98. The van der Waals surface area contributed by atoms with Crippen molar-refractivity contribution in [1.29, 1.82) is 0 Å². The minimum Gasteiger partial charge on any atom is -0.364 e. The van der Waals surface area contributed by atoms with Gasteiger partial charge >= 0.3 is 0 Å². The second kappa shape index (κ2) is 10.1. The number of benzene rings is 2. The summed E-state index contributed by atoms with van der Waals surface area (Å²) in [6.45, 7) is 4.84. The monoisotopic (exact) mass is 524 g/mol. The van der Waals surface area contributed by atoms with Crippen molar-refractivity contribution in [3.63, 3.8) is 0 Å². The van der Waals surface area contributed by atoms with Gasteiger partial charge in [-0.15, -0.1) is 0 Å². The number of amides is 2. The molecule has 4 aromatic rings. The number of carbonyl (C=O) groups is 2. The highest BCUT2D eigenvalue weighted by molar-refractivity contribution is 5.91. The highest BCUT2D eigenvalue weighted by Crippen LogP contribution is 2.39. The highest BCUT2D eigenvalue weighted by atomic mass is 19.1. The van der Waals surface area contributed by atoms with Crippen LogP contribution in [0.15, 0.2) is 73.3 Å². The molecule has 6 rings (SSSR count). The SMILES string of the molecule is C=CC(=O)N1CCC(N[C@@H]2c3ccc(-c4nc5ccc(C(N)=O)nn5c4-c4ccccc4)cc3CC2F)CC1. The zero-order valence-electron chi connectivity index (χ0n) is 21.4. The number of alkyl halides is 1. The molecule has 1 aliphatic heterocycles. The summed E-state index contributed by atoms with van der Waals surface area (Å²) < 4.78 is 17.0. The number of fused-ring (bicyclic) bond motifs is 2. The largest absolute Gasteiger partial charge is 0.364 e. The lowest BCUT2D eigenvalue weighted by Crippen LogP contribution is -2.46. The van der Waals surface area contributed by atoms with E-state index in [0.29, 0.717) is 30.9 Å². The Bertz CT molecular complexity index is 1580. The Morgan fingerprint density at radius 1 is 1.05 bits per heavy atom. The van der Waals surface area contributed by atoms with E-state index in [9.17, 15) is 9.59 Å². The van der Waals surface area contributed by atoms with E-state index in [0.717, 1.165) is 40.8 Å². The van der Waals surface area contributed by atoms with E-state index < -0.39 is 18.1 Å². The molecule has 9 heteroatoms. The number of rotatable bonds is 6. The topological polar surface area (TPSA) is 106 Å². The molecule has 2 atom stereocenters. The van der Waals surface area contributed by atoms with E-state index in [1.54, 1.807) is 21.5 Å². The molecule has 1 aliphatic carbocycles. The van der Waals surface area contributed by atoms with Gasteiger partial charge in [0, 0.05) is 36.7 Å². The molecule has 2 aromatic heterocycles. The predicted molar refractivity (Wildman–Crippen MR) is 147 cm³/mol. The van der Waals surface area contributed by atoms with Crippen LogP contribution in [-0.2, 0) is 11.2 Å². The molecule has 2 amide bonds. The van der Waals surface area contributed by atoms with Crippen LogP contribution in [0.3, 0.4) is 0 Å². The number of nitrogens with zero attached hydrogens (tertiary/aromatic N) is 4. The maximum Gasteiger partial charge on any atom is 0.269 e. The van der Waals surface area contributed by atoms with E-state index in [1.165, 1.54) is 6.08 Å². The fraction of sp³-hybridized carbons (Fsp3) is 0.267. The number of hydrogen-bond donors (Lipinski definition) is 2. The minimum atomic E-state index is -1.04. The zero-order valence-corrected chi connectivity index (χ0v) is 21.4. The van der Waals surface area contributed by atoms with Crippen LogP contribution in [0.5, 0.6) is 0 Å². The van der Waals surface area contributed by atoms with Crippen molar-refractivity contribution in [2.24, 2.45) is 5.73 Å². The fourth-order valence-electron chi connectivity index (χ4n) is 5.72. The molecular weight excluding hydrogens is 495 g/mol. The van der Waals surface area contributed by atoms with Crippen molar-refractivity contribution in [2.45, 2.75) is 37.5 Å². The molecule has 2 aromatic carbocycles. The quantitative estimate of drug-likeness (QED) is 0.373. The van der Waals surface area contributed by atoms with Crippen molar-refractivity contribution < 1.29 is 14.0 Å². The van der Waals surface area contributed by atoms with Crippen molar-refractivity contribution in [1.82, 2.24) is 24.8 Å². The van der Waals surface area contributed by atoms with Crippen LogP contribution >= 0.6 is 0 Å². The van der Waals surface area contributed by atoms with Crippen molar-refractivity contribution in [2.75, 3.05) is 13.1 Å². The number of piperidine rings is 1. The number of likely N-dealkylation sites (tertiary alicyclic amines) is 1. The standard InChI is InChI=1S/C30H29FN6O2/c1-2-26(38)36-14-12-21(13-15-36)33-28-22-9-8-19(16-20(22)17-23(28)31)27-29(18-6-4-3-5-7-18)37-25(34-27)11-10-24(35-37)30(32)39/h2-11,16,21,23,28,33H,1,12-15,17H2,(H2,32,39)/t23?,28-/m1/s1. The summed E-state index contributed by atoms with van der Waals surface area (Å²) in [7, 11) is 0. The third-order valence-corrected chi connectivity index (χ3v) is 7.70. The minimum absolute atomic E-state index is 0.0570. The molecule has 1 unspecified atom stereocenters. The molecule has 39 heavy (non-hydrogen) atoms. The maximum absolute atomic E-state index is 15.3. The summed E-state index contributed by atoms with van der Waals surface area (Å²) in [5, 5.41) is 7.98. The second-order valence-corrected chi connectivity index (χ2v) is 10.1. The van der Waals surface area contributed by atoms with Crippen molar-refractivity contribution in [3.8, 4) is 22.5 Å². The van der Waals surface area contributed by atoms with Crippen LogP contribution in [0.4, 0.5) is 4.39 Å². The first-order valence-corrected chi connectivity index (χ1v) is 13.1. The van der Waals surface area contributed by atoms with Gasteiger partial charge in [-0.1, -0.05) is 49.0 Å². The summed E-state index contributed by atoms with van der Waals surface area (Å²) >= 11 is 0. The van der Waals surface area contributed by atoms with Gasteiger partial charge in [0.15, 0.2) is 5.65 Å². The second-order valence-electron chi connectivity index (χ2n) is 10.1. The van der Waals surface area contributed by atoms with Gasteiger partial charge < -0.3 is 16.0 Å². The number of primary amides is 1. The molecule has 0 radical (unpaired) electrons. The Labute approximate surface area is 225 Å². The Morgan fingerprint density at radius 3 is 2.54 bits per heavy atom. The third-order valence-electron chi connectivity index (χ3n) is 7.70. The number of aromatic nitrogens is 3. The Hall–Kier alpha value is -4.37. The molecule has 0 spiro atoms. The van der Waals surface area contributed by atoms with Gasteiger partial charge in [-0.2, -0.15) is 5.10 Å². The number of nitrogens with one attached hydrogen (secondary N) is 1. The number of halogens is 1. The predicted octanol–water partition coefficient (Wildman–Crippen LogP) is 3.86. The summed E-state index contributed by atoms with van der Waals surface area (Å²) in [5.74, 6) is -0.673. The van der Waals surface area contributed by atoms with Gasteiger partial charge in [0.25, 0.3) is 5.91 Å². The van der Waals surface area contributed by atoms with Crippen LogP contribution in [0.1, 0.15) is 40.5 Å². The molecule has 0 saturated carbocycles. The molecule has 198 valence electrons. The molecule has 1 saturated heterocycles. The lowest BCUT2D eigenvalue weighted by Gasteiger charge is -2.34. The van der Waals surface area contributed by atoms with Crippen LogP contribution in [0.2, 0.25) is 0 Å². The first-order valence-electron chi connectivity index (χ1n) is 13.1. The van der Waals surface area contributed by atoms with Gasteiger partial charge in [0.1, 0.15) is 17.6 Å². The van der Waals surface area contributed by atoms with Crippen LogP contribution in [0.25, 0.3) is 28.2 Å². The van der Waals surface area contributed by atoms with E-state index in [-0.39, 0.29) is 17.6 Å².